The summed E-state index contributed by atoms with van der Waals surface area (Å²) in [6.45, 7) is 0. The van der Waals surface area contributed by atoms with Crippen LogP contribution in [0.4, 0.5) is 20.4 Å². The lowest BCUT2D eigenvalue weighted by molar-refractivity contribution is 0.582. The van der Waals surface area contributed by atoms with Crippen LogP contribution >= 0.6 is 12.4 Å². The van der Waals surface area contributed by atoms with Gasteiger partial charge in [-0.05, 0) is 12.1 Å². The number of benzene rings is 1. The molecule has 0 amide bonds. The second-order valence-electron chi connectivity index (χ2n) is 3.33. The van der Waals surface area contributed by atoms with Crippen LogP contribution in [0.3, 0.4) is 0 Å². The molecule has 0 aliphatic rings. The first-order valence-electron chi connectivity index (χ1n) is 4.67. The summed E-state index contributed by atoms with van der Waals surface area (Å²) in [5, 5.41) is -0.386. The maximum atomic E-state index is 13.3. The van der Waals surface area contributed by atoms with Gasteiger partial charge in [-0.15, -0.1) is 12.4 Å². The first-order chi connectivity index (χ1) is 8.40. The largest absolute Gasteiger partial charge is 0.369 e. The van der Waals surface area contributed by atoms with Gasteiger partial charge in [0.05, 0.1) is 6.20 Å². The molecule has 2 aromatic rings. The molecule has 0 saturated heterocycles. The van der Waals surface area contributed by atoms with Crippen molar-refractivity contribution >= 4 is 34.1 Å². The zero-order chi connectivity index (χ0) is 13.3. The molecule has 2 rings (SSSR count). The van der Waals surface area contributed by atoms with Crippen molar-refractivity contribution in [1.82, 2.24) is 9.97 Å². The van der Waals surface area contributed by atoms with Gasteiger partial charge < -0.3 is 10.7 Å². The first kappa shape index (κ1) is 15.2. The Hall–Kier alpha value is -1.87. The van der Waals surface area contributed by atoms with E-state index in [4.69, 9.17) is 5.73 Å². The number of hydrogen-bond donors (Lipinski definition) is 3. The van der Waals surface area contributed by atoms with Gasteiger partial charge in [-0.2, -0.15) is 8.42 Å². The van der Waals surface area contributed by atoms with Gasteiger partial charge in [0, 0.05) is 0 Å². The van der Waals surface area contributed by atoms with Crippen molar-refractivity contribution in [3.8, 4) is 0 Å². The van der Waals surface area contributed by atoms with Crippen LogP contribution in [0, 0.1) is 11.6 Å². The van der Waals surface area contributed by atoms with Crippen molar-refractivity contribution < 1.29 is 17.2 Å². The van der Waals surface area contributed by atoms with E-state index >= 15 is 0 Å². The summed E-state index contributed by atoms with van der Waals surface area (Å²) in [5.74, 6) is -2.17. The second kappa shape index (κ2) is 5.41. The molecule has 0 radical (unpaired) electrons. The van der Waals surface area contributed by atoms with E-state index in [9.17, 15) is 17.2 Å². The number of sulfonamides is 1. The van der Waals surface area contributed by atoms with Gasteiger partial charge in [0.15, 0.2) is 11.0 Å². The molecule has 1 aromatic heterocycles. The Labute approximate surface area is 113 Å². The number of aromatic nitrogens is 2. The number of nitrogens with zero attached hydrogens (tertiary/aromatic N) is 1. The SMILES string of the molecule is Cl.Nc1ncc(S(=O)(=O)Nc2c(F)cccc2F)[nH]1. The lowest BCUT2D eigenvalue weighted by atomic mass is 10.3. The van der Waals surface area contributed by atoms with Crippen LogP contribution in [0.5, 0.6) is 0 Å². The van der Waals surface area contributed by atoms with E-state index in [0.717, 1.165) is 24.4 Å². The summed E-state index contributed by atoms with van der Waals surface area (Å²) in [4.78, 5) is 5.73. The molecular weight excluding hydrogens is 302 g/mol. The quantitative estimate of drug-likeness (QED) is 0.799. The number of halogens is 3. The highest BCUT2D eigenvalue weighted by Gasteiger charge is 2.20. The number of rotatable bonds is 3. The zero-order valence-corrected chi connectivity index (χ0v) is 10.9. The number of para-hydroxylation sites is 1. The Morgan fingerprint density at radius 2 is 1.84 bits per heavy atom. The molecule has 104 valence electrons. The highest BCUT2D eigenvalue weighted by molar-refractivity contribution is 7.92. The summed E-state index contributed by atoms with van der Waals surface area (Å²) in [6, 6.07) is 2.99. The third-order valence-electron chi connectivity index (χ3n) is 2.06. The number of nitrogens with two attached hydrogens (primary N) is 1. The molecule has 0 aliphatic heterocycles. The van der Waals surface area contributed by atoms with E-state index in [2.05, 4.69) is 9.97 Å². The van der Waals surface area contributed by atoms with Crippen molar-refractivity contribution in [3.05, 3.63) is 36.0 Å². The fourth-order valence-corrected chi connectivity index (χ4v) is 2.24. The van der Waals surface area contributed by atoms with Gasteiger partial charge in [0.1, 0.15) is 17.3 Å². The number of nitrogens with one attached hydrogen (secondary N) is 2. The summed E-state index contributed by atoms with van der Waals surface area (Å²) < 4.78 is 51.8. The van der Waals surface area contributed by atoms with Crippen LogP contribution in [0.1, 0.15) is 0 Å². The Morgan fingerprint density at radius 3 is 2.32 bits per heavy atom. The molecular formula is C9H9ClF2N4O2S. The average molecular weight is 311 g/mol. The van der Waals surface area contributed by atoms with Crippen LogP contribution in [-0.4, -0.2) is 18.4 Å². The van der Waals surface area contributed by atoms with Crippen molar-refractivity contribution in [2.75, 3.05) is 10.5 Å². The van der Waals surface area contributed by atoms with E-state index in [1.54, 1.807) is 4.72 Å². The lowest BCUT2D eigenvalue weighted by Gasteiger charge is -2.07. The Balaban J connectivity index is 0.00000180. The molecule has 0 spiro atoms. The molecule has 1 aromatic carbocycles. The van der Waals surface area contributed by atoms with Gasteiger partial charge in [0.25, 0.3) is 10.0 Å². The minimum atomic E-state index is -4.17. The van der Waals surface area contributed by atoms with E-state index < -0.39 is 27.3 Å². The zero-order valence-electron chi connectivity index (χ0n) is 9.22. The van der Waals surface area contributed by atoms with Crippen molar-refractivity contribution in [3.63, 3.8) is 0 Å². The number of nitrogen functional groups attached to an aromatic ring is 1. The van der Waals surface area contributed by atoms with Crippen molar-refractivity contribution in [2.45, 2.75) is 5.03 Å². The summed E-state index contributed by atoms with van der Waals surface area (Å²) in [5.41, 5.74) is 4.46. The molecule has 19 heavy (non-hydrogen) atoms. The minimum absolute atomic E-state index is 0. The molecule has 6 nitrogen and oxygen atoms in total. The van der Waals surface area contributed by atoms with Crippen molar-refractivity contribution in [1.29, 1.82) is 0 Å². The van der Waals surface area contributed by atoms with Gasteiger partial charge in [0.2, 0.25) is 0 Å². The van der Waals surface area contributed by atoms with Crippen LogP contribution in [0.25, 0.3) is 0 Å². The molecule has 0 fully saturated rings. The smallest absolute Gasteiger partial charge is 0.279 e. The van der Waals surface area contributed by atoms with Gasteiger partial charge in [-0.25, -0.2) is 13.8 Å². The Bertz CT molecular complexity index is 669. The molecule has 0 bridgehead atoms. The van der Waals surface area contributed by atoms with E-state index in [1.807, 2.05) is 0 Å². The van der Waals surface area contributed by atoms with Crippen LogP contribution in [0.2, 0.25) is 0 Å². The second-order valence-corrected chi connectivity index (χ2v) is 4.99. The van der Waals surface area contributed by atoms with Crippen LogP contribution in [0.15, 0.2) is 29.4 Å². The maximum absolute atomic E-state index is 13.3. The minimum Gasteiger partial charge on any atom is -0.369 e. The molecule has 0 aliphatic carbocycles. The maximum Gasteiger partial charge on any atom is 0.279 e. The first-order valence-corrected chi connectivity index (χ1v) is 6.16. The summed E-state index contributed by atoms with van der Waals surface area (Å²) in [7, 11) is -4.17. The highest BCUT2D eigenvalue weighted by Crippen LogP contribution is 2.21. The predicted molar refractivity (Wildman–Crippen MR) is 67.4 cm³/mol. The van der Waals surface area contributed by atoms with Crippen LogP contribution in [-0.2, 0) is 10.0 Å². The lowest BCUT2D eigenvalue weighted by Crippen LogP contribution is -2.15. The molecule has 4 N–H and O–H groups in total. The predicted octanol–water partition coefficient (Wildman–Crippen LogP) is 1.49. The fraction of sp³-hybridized carbons (Fsp3) is 0. The van der Waals surface area contributed by atoms with Gasteiger partial charge in [-0.3, -0.25) is 4.72 Å². The number of H-pyrrole nitrogens is 1. The number of anilines is 2. The third kappa shape index (κ3) is 3.12. The summed E-state index contributed by atoms with van der Waals surface area (Å²) >= 11 is 0. The van der Waals surface area contributed by atoms with Crippen molar-refractivity contribution in [2.24, 2.45) is 0 Å². The fourth-order valence-electron chi connectivity index (χ4n) is 1.24. The molecule has 0 unspecified atom stereocenters. The Kier molecular flexibility index (Phi) is 4.32. The van der Waals surface area contributed by atoms with Gasteiger partial charge >= 0.3 is 0 Å². The third-order valence-corrected chi connectivity index (χ3v) is 3.32. The van der Waals surface area contributed by atoms with E-state index in [0.29, 0.717) is 0 Å². The standard InChI is InChI=1S/C9H8F2N4O2S.ClH/c10-5-2-1-3-6(11)8(5)15-18(16,17)7-4-13-9(12)14-7;/h1-4,15H,(H3,12,13,14);1H. The monoisotopic (exact) mass is 310 g/mol. The number of aromatic amines is 1. The normalized spacial score (nSPS) is 10.8. The topological polar surface area (TPSA) is 101 Å². The average Bonchev–Trinajstić information content (AvgIpc) is 2.71. The van der Waals surface area contributed by atoms with E-state index in [1.165, 1.54) is 0 Å². The molecule has 10 heteroatoms. The van der Waals surface area contributed by atoms with E-state index in [-0.39, 0.29) is 23.4 Å². The number of hydrogen-bond acceptors (Lipinski definition) is 4. The Morgan fingerprint density at radius 1 is 1.26 bits per heavy atom. The molecule has 0 saturated carbocycles. The van der Waals surface area contributed by atoms with Crippen LogP contribution < -0.4 is 10.5 Å². The van der Waals surface area contributed by atoms with Gasteiger partial charge in [-0.1, -0.05) is 6.07 Å². The molecule has 0 atom stereocenters. The highest BCUT2D eigenvalue weighted by atomic mass is 35.5. The molecule has 1 heterocycles. The summed E-state index contributed by atoms with van der Waals surface area (Å²) in [6.07, 6.45) is 0.941. The number of imidazole rings is 1.